The SMILES string of the molecule is COc1ccc(CC2SC(=O)NC2=O)cc1C(=O)NCc1cc(C(F)(F)F)cc(C(F)(F)F)c1. The molecule has 3 rings (SSSR count). The molecule has 0 bridgehead atoms. The van der Waals surface area contributed by atoms with Gasteiger partial charge >= 0.3 is 12.4 Å². The van der Waals surface area contributed by atoms with E-state index in [0.29, 0.717) is 17.7 Å². The maximum absolute atomic E-state index is 13.0. The molecule has 0 spiro atoms. The molecule has 182 valence electrons. The van der Waals surface area contributed by atoms with E-state index in [-0.39, 0.29) is 23.8 Å². The molecule has 34 heavy (non-hydrogen) atoms. The van der Waals surface area contributed by atoms with Crippen LogP contribution in [0.3, 0.4) is 0 Å². The summed E-state index contributed by atoms with van der Waals surface area (Å²) >= 11 is 0.792. The Morgan fingerprint density at radius 2 is 1.62 bits per heavy atom. The summed E-state index contributed by atoms with van der Waals surface area (Å²) < 4.78 is 83.3. The first-order chi connectivity index (χ1) is 15.8. The second-order valence-electron chi connectivity index (χ2n) is 7.22. The van der Waals surface area contributed by atoms with E-state index >= 15 is 0 Å². The first-order valence-corrected chi connectivity index (χ1v) is 10.4. The average Bonchev–Trinajstić information content (AvgIpc) is 3.07. The molecular weight excluding hydrogens is 490 g/mol. The number of amides is 3. The predicted molar refractivity (Wildman–Crippen MR) is 109 cm³/mol. The van der Waals surface area contributed by atoms with E-state index < -0.39 is 57.9 Å². The third-order valence-electron chi connectivity index (χ3n) is 4.80. The summed E-state index contributed by atoms with van der Waals surface area (Å²) in [6.45, 7) is -0.616. The van der Waals surface area contributed by atoms with Crippen molar-refractivity contribution in [1.29, 1.82) is 0 Å². The highest BCUT2D eigenvalue weighted by Gasteiger charge is 2.37. The van der Waals surface area contributed by atoms with E-state index in [2.05, 4.69) is 10.6 Å². The molecule has 2 aromatic rings. The van der Waals surface area contributed by atoms with Gasteiger partial charge in [-0.05, 0) is 47.9 Å². The number of imide groups is 1. The zero-order chi connectivity index (χ0) is 25.3. The van der Waals surface area contributed by atoms with Crippen molar-refractivity contribution in [3.63, 3.8) is 0 Å². The van der Waals surface area contributed by atoms with Gasteiger partial charge in [-0.25, -0.2) is 0 Å². The second-order valence-corrected chi connectivity index (χ2v) is 8.39. The highest BCUT2D eigenvalue weighted by Crippen LogP contribution is 2.36. The number of carbonyl (C=O) groups excluding carboxylic acids is 3. The van der Waals surface area contributed by atoms with Crippen LogP contribution in [-0.4, -0.2) is 29.4 Å². The van der Waals surface area contributed by atoms with Gasteiger partial charge in [-0.1, -0.05) is 17.8 Å². The first-order valence-electron chi connectivity index (χ1n) is 9.53. The van der Waals surface area contributed by atoms with E-state index in [1.165, 1.54) is 19.2 Å². The zero-order valence-corrected chi connectivity index (χ0v) is 18.1. The van der Waals surface area contributed by atoms with Gasteiger partial charge in [0, 0.05) is 6.54 Å². The van der Waals surface area contributed by atoms with Crippen molar-refractivity contribution in [2.45, 2.75) is 30.6 Å². The summed E-state index contributed by atoms with van der Waals surface area (Å²) in [5.74, 6) is -1.20. The summed E-state index contributed by atoms with van der Waals surface area (Å²) in [6, 6.07) is 5.41. The van der Waals surface area contributed by atoms with E-state index in [1.807, 2.05) is 0 Å². The van der Waals surface area contributed by atoms with Gasteiger partial charge in [-0.3, -0.25) is 19.7 Å². The Kier molecular flexibility index (Phi) is 7.15. The Balaban J connectivity index is 1.81. The standard InChI is InChI=1S/C21H16F6N2O4S/c1-33-15-3-2-10(7-16-18(31)29-19(32)34-16)6-14(15)17(30)28-9-11-4-12(20(22,23)24)8-13(5-11)21(25,26)27/h2-6,8,16H,7,9H2,1H3,(H,28,30)(H,29,31,32). The summed E-state index contributed by atoms with van der Waals surface area (Å²) in [7, 11) is 1.27. The molecule has 3 amide bonds. The molecule has 1 heterocycles. The molecule has 13 heteroatoms. The molecule has 1 atom stereocenters. The maximum atomic E-state index is 13.0. The van der Waals surface area contributed by atoms with Crippen molar-refractivity contribution in [3.8, 4) is 5.75 Å². The van der Waals surface area contributed by atoms with Crippen molar-refractivity contribution in [1.82, 2.24) is 10.6 Å². The molecule has 0 saturated carbocycles. The minimum absolute atomic E-state index is 0.000250. The van der Waals surface area contributed by atoms with Crippen LogP contribution >= 0.6 is 11.8 Å². The number of benzene rings is 2. The normalized spacial score (nSPS) is 16.4. The van der Waals surface area contributed by atoms with Crippen molar-refractivity contribution >= 4 is 28.8 Å². The lowest BCUT2D eigenvalue weighted by Crippen LogP contribution is -2.26. The Labute approximate surface area is 193 Å². The smallest absolute Gasteiger partial charge is 0.416 e. The highest BCUT2D eigenvalue weighted by molar-refractivity contribution is 8.15. The molecular formula is C21H16F6N2O4S. The lowest BCUT2D eigenvalue weighted by molar-refractivity contribution is -0.143. The number of carbonyl (C=O) groups is 3. The topological polar surface area (TPSA) is 84.5 Å². The number of ether oxygens (including phenoxy) is 1. The lowest BCUT2D eigenvalue weighted by atomic mass is 10.0. The molecule has 0 aliphatic carbocycles. The van der Waals surface area contributed by atoms with Gasteiger partial charge < -0.3 is 10.1 Å². The zero-order valence-electron chi connectivity index (χ0n) is 17.3. The number of nitrogens with one attached hydrogen (secondary N) is 2. The fraction of sp³-hybridized carbons (Fsp3) is 0.286. The van der Waals surface area contributed by atoms with Gasteiger partial charge in [0.05, 0.1) is 29.1 Å². The summed E-state index contributed by atoms with van der Waals surface area (Å²) in [5.41, 5.74) is -2.94. The third-order valence-corrected chi connectivity index (χ3v) is 5.78. The van der Waals surface area contributed by atoms with Crippen LogP contribution in [0, 0.1) is 0 Å². The number of hydrogen-bond donors (Lipinski definition) is 2. The van der Waals surface area contributed by atoms with Crippen molar-refractivity contribution in [2.75, 3.05) is 7.11 Å². The molecule has 0 aromatic heterocycles. The molecule has 1 saturated heterocycles. The fourth-order valence-electron chi connectivity index (χ4n) is 3.20. The van der Waals surface area contributed by atoms with Gasteiger partial charge in [-0.2, -0.15) is 26.3 Å². The molecule has 2 N–H and O–H groups in total. The van der Waals surface area contributed by atoms with Crippen molar-refractivity contribution in [2.24, 2.45) is 0 Å². The highest BCUT2D eigenvalue weighted by atomic mass is 32.2. The molecule has 0 radical (unpaired) electrons. The van der Waals surface area contributed by atoms with Crippen LogP contribution in [0.1, 0.15) is 32.6 Å². The Hall–Kier alpha value is -3.22. The average molecular weight is 506 g/mol. The predicted octanol–water partition coefficient (Wildman–Crippen LogP) is 4.56. The summed E-state index contributed by atoms with van der Waals surface area (Å²) in [5, 5.41) is 3.22. The molecule has 1 aliphatic heterocycles. The minimum Gasteiger partial charge on any atom is -0.496 e. The maximum Gasteiger partial charge on any atom is 0.416 e. The number of thioether (sulfide) groups is 1. The van der Waals surface area contributed by atoms with Gasteiger partial charge in [-0.15, -0.1) is 0 Å². The number of methoxy groups -OCH3 is 1. The summed E-state index contributed by atoms with van der Waals surface area (Å²) in [6.07, 6.45) is -9.91. The molecule has 2 aromatic carbocycles. The first kappa shape index (κ1) is 25.4. The minimum atomic E-state index is -5.01. The van der Waals surface area contributed by atoms with Crippen LogP contribution in [0.5, 0.6) is 5.75 Å². The van der Waals surface area contributed by atoms with E-state index in [1.54, 1.807) is 6.07 Å². The van der Waals surface area contributed by atoms with Crippen LogP contribution in [0.2, 0.25) is 0 Å². The lowest BCUT2D eigenvalue weighted by Gasteiger charge is -2.15. The van der Waals surface area contributed by atoms with Crippen LogP contribution in [0.25, 0.3) is 0 Å². The van der Waals surface area contributed by atoms with Gasteiger partial charge in [0.15, 0.2) is 0 Å². The Morgan fingerprint density at radius 1 is 1.00 bits per heavy atom. The van der Waals surface area contributed by atoms with Crippen molar-refractivity contribution < 1.29 is 45.5 Å². The monoisotopic (exact) mass is 506 g/mol. The fourth-order valence-corrected chi connectivity index (χ4v) is 4.06. The van der Waals surface area contributed by atoms with Gasteiger partial charge in [0.2, 0.25) is 5.91 Å². The summed E-state index contributed by atoms with van der Waals surface area (Å²) in [4.78, 5) is 35.8. The number of rotatable bonds is 6. The Bertz CT molecular complexity index is 1100. The van der Waals surface area contributed by atoms with Crippen LogP contribution in [0.4, 0.5) is 31.1 Å². The van der Waals surface area contributed by atoms with E-state index in [0.717, 1.165) is 11.8 Å². The van der Waals surface area contributed by atoms with Crippen LogP contribution in [0.15, 0.2) is 36.4 Å². The van der Waals surface area contributed by atoms with E-state index in [4.69, 9.17) is 4.74 Å². The Morgan fingerprint density at radius 3 is 2.12 bits per heavy atom. The van der Waals surface area contributed by atoms with Crippen LogP contribution < -0.4 is 15.4 Å². The molecule has 1 fully saturated rings. The third kappa shape index (κ3) is 6.01. The van der Waals surface area contributed by atoms with Crippen molar-refractivity contribution in [3.05, 3.63) is 64.2 Å². The number of halogens is 6. The number of alkyl halides is 6. The molecule has 1 unspecified atom stereocenters. The van der Waals surface area contributed by atoms with Gasteiger partial charge in [0.25, 0.3) is 11.1 Å². The second kappa shape index (κ2) is 9.57. The molecule has 1 aliphatic rings. The largest absolute Gasteiger partial charge is 0.496 e. The number of hydrogen-bond acceptors (Lipinski definition) is 5. The van der Waals surface area contributed by atoms with Gasteiger partial charge in [0.1, 0.15) is 5.75 Å². The van der Waals surface area contributed by atoms with Crippen LogP contribution in [-0.2, 0) is 30.1 Å². The molecule has 6 nitrogen and oxygen atoms in total. The quantitative estimate of drug-likeness (QED) is 0.562. The van der Waals surface area contributed by atoms with E-state index in [9.17, 15) is 40.7 Å².